The average molecular weight is 431 g/mol. The monoisotopic (exact) mass is 430 g/mol. The van der Waals surface area contributed by atoms with E-state index in [1.54, 1.807) is 6.92 Å². The van der Waals surface area contributed by atoms with Gasteiger partial charge in [0.05, 0.1) is 30.4 Å². The number of thioether (sulfide) groups is 1. The van der Waals surface area contributed by atoms with Gasteiger partial charge in [-0.05, 0) is 31.9 Å². The van der Waals surface area contributed by atoms with E-state index in [9.17, 15) is 9.59 Å². The number of hydrogen-bond donors (Lipinski definition) is 0. The van der Waals surface area contributed by atoms with E-state index in [-0.39, 0.29) is 17.7 Å². The van der Waals surface area contributed by atoms with Gasteiger partial charge in [0.25, 0.3) is 5.91 Å². The number of carbonyl (C=O) groups is 2. The first-order valence-electron chi connectivity index (χ1n) is 10.3. The lowest BCUT2D eigenvalue weighted by Crippen LogP contribution is -2.49. The number of nitrogens with zero attached hydrogens (tertiary/aromatic N) is 4. The van der Waals surface area contributed by atoms with E-state index in [2.05, 4.69) is 10.1 Å². The fourth-order valence-corrected chi connectivity index (χ4v) is 4.76. The number of ether oxygens (including phenoxy) is 1. The molecule has 1 aromatic carbocycles. The summed E-state index contributed by atoms with van der Waals surface area (Å²) in [6, 6.07) is 7.56. The number of aryl methyl sites for hydroxylation is 1. The zero-order valence-electron chi connectivity index (χ0n) is 17.1. The Morgan fingerprint density at radius 2 is 1.97 bits per heavy atom. The maximum Gasteiger partial charge on any atom is 0.255 e. The maximum absolute atomic E-state index is 13.3. The SMILES string of the molecule is Cc1noc(CSc2ccccc2C(=O)N2CCCC(C(=O)N3CCOCC3)C2)n1. The van der Waals surface area contributed by atoms with E-state index in [1.807, 2.05) is 34.1 Å². The third-order valence-electron chi connectivity index (χ3n) is 5.42. The van der Waals surface area contributed by atoms with Gasteiger partial charge >= 0.3 is 0 Å². The molecule has 0 spiro atoms. The topological polar surface area (TPSA) is 88.8 Å². The smallest absolute Gasteiger partial charge is 0.255 e. The number of carbonyl (C=O) groups excluding carboxylic acids is 2. The molecular weight excluding hydrogens is 404 g/mol. The lowest BCUT2D eigenvalue weighted by molar-refractivity contribution is -0.141. The van der Waals surface area contributed by atoms with Crippen LogP contribution in [0.25, 0.3) is 0 Å². The number of benzene rings is 1. The number of rotatable bonds is 5. The molecule has 2 saturated heterocycles. The summed E-state index contributed by atoms with van der Waals surface area (Å²) in [6.07, 6.45) is 1.66. The zero-order valence-corrected chi connectivity index (χ0v) is 17.9. The standard InChI is InChI=1S/C21H26N4O4S/c1-15-22-19(29-23-15)14-30-18-7-3-2-6-17(18)21(27)25-8-4-5-16(13-25)20(26)24-9-11-28-12-10-24/h2-3,6-7,16H,4-5,8-14H2,1H3. The Bertz CT molecular complexity index is 897. The molecule has 8 nitrogen and oxygen atoms in total. The molecule has 2 aliphatic heterocycles. The van der Waals surface area contributed by atoms with Crippen molar-refractivity contribution in [1.82, 2.24) is 19.9 Å². The molecule has 1 atom stereocenters. The Labute approximate surface area is 179 Å². The van der Waals surface area contributed by atoms with Crippen molar-refractivity contribution in [3.63, 3.8) is 0 Å². The first-order chi connectivity index (χ1) is 14.6. The van der Waals surface area contributed by atoms with Crippen LogP contribution in [0.5, 0.6) is 0 Å². The predicted molar refractivity (Wildman–Crippen MR) is 111 cm³/mol. The molecule has 30 heavy (non-hydrogen) atoms. The Morgan fingerprint density at radius 3 is 2.73 bits per heavy atom. The van der Waals surface area contributed by atoms with Crippen LogP contribution < -0.4 is 0 Å². The van der Waals surface area contributed by atoms with Crippen LogP contribution in [0.3, 0.4) is 0 Å². The molecule has 160 valence electrons. The van der Waals surface area contributed by atoms with Crippen molar-refractivity contribution in [1.29, 1.82) is 0 Å². The minimum Gasteiger partial charge on any atom is -0.378 e. The highest BCUT2D eigenvalue weighted by Crippen LogP contribution is 2.28. The largest absolute Gasteiger partial charge is 0.378 e. The van der Waals surface area contributed by atoms with E-state index in [4.69, 9.17) is 9.26 Å². The van der Waals surface area contributed by atoms with Crippen LogP contribution in [0.4, 0.5) is 0 Å². The fraction of sp³-hybridized carbons (Fsp3) is 0.524. The van der Waals surface area contributed by atoms with Crippen LogP contribution in [-0.4, -0.2) is 71.1 Å². The second-order valence-corrected chi connectivity index (χ2v) is 8.57. The molecule has 3 heterocycles. The van der Waals surface area contributed by atoms with Crippen molar-refractivity contribution < 1.29 is 18.8 Å². The van der Waals surface area contributed by atoms with E-state index < -0.39 is 0 Å². The summed E-state index contributed by atoms with van der Waals surface area (Å²) in [5, 5.41) is 3.80. The van der Waals surface area contributed by atoms with Crippen LogP contribution in [0.1, 0.15) is 34.9 Å². The van der Waals surface area contributed by atoms with Crippen LogP contribution >= 0.6 is 11.8 Å². The number of aromatic nitrogens is 2. The van der Waals surface area contributed by atoms with Gasteiger partial charge in [0.15, 0.2) is 5.82 Å². The summed E-state index contributed by atoms with van der Waals surface area (Å²) in [7, 11) is 0. The Hall–Kier alpha value is -2.39. The minimum atomic E-state index is -0.137. The third-order valence-corrected chi connectivity index (χ3v) is 6.48. The molecule has 2 fully saturated rings. The highest BCUT2D eigenvalue weighted by atomic mass is 32.2. The van der Waals surface area contributed by atoms with Crippen LogP contribution in [0.15, 0.2) is 33.7 Å². The first-order valence-corrected chi connectivity index (χ1v) is 11.3. The highest BCUT2D eigenvalue weighted by Gasteiger charge is 2.32. The molecule has 0 radical (unpaired) electrons. The Kier molecular flexibility index (Phi) is 6.69. The van der Waals surface area contributed by atoms with Crippen molar-refractivity contribution >= 4 is 23.6 Å². The van der Waals surface area contributed by atoms with Gasteiger partial charge in [-0.3, -0.25) is 9.59 Å². The van der Waals surface area contributed by atoms with Crippen molar-refractivity contribution in [3.05, 3.63) is 41.5 Å². The van der Waals surface area contributed by atoms with Crippen molar-refractivity contribution in [2.75, 3.05) is 39.4 Å². The van der Waals surface area contributed by atoms with Gasteiger partial charge in [-0.1, -0.05) is 17.3 Å². The summed E-state index contributed by atoms with van der Waals surface area (Å²) in [6.45, 7) is 5.37. The molecule has 0 saturated carbocycles. The third kappa shape index (κ3) is 4.84. The molecular formula is C21H26N4O4S. The van der Waals surface area contributed by atoms with E-state index in [0.29, 0.717) is 62.4 Å². The number of hydrogen-bond acceptors (Lipinski definition) is 7. The quantitative estimate of drug-likeness (QED) is 0.673. The van der Waals surface area contributed by atoms with E-state index in [0.717, 1.165) is 17.7 Å². The molecule has 9 heteroatoms. The summed E-state index contributed by atoms with van der Waals surface area (Å²) in [5.41, 5.74) is 0.651. The molecule has 0 bridgehead atoms. The molecule has 0 aliphatic carbocycles. The van der Waals surface area contributed by atoms with Crippen molar-refractivity contribution in [3.8, 4) is 0 Å². The van der Waals surface area contributed by atoms with Crippen molar-refractivity contribution in [2.45, 2.75) is 30.4 Å². The van der Waals surface area contributed by atoms with E-state index >= 15 is 0 Å². The molecule has 2 amide bonds. The fourth-order valence-electron chi connectivity index (χ4n) is 3.88. The number of amides is 2. The molecule has 2 aromatic rings. The highest BCUT2D eigenvalue weighted by molar-refractivity contribution is 7.98. The second-order valence-electron chi connectivity index (χ2n) is 7.55. The molecule has 0 N–H and O–H groups in total. The average Bonchev–Trinajstić information content (AvgIpc) is 3.22. The summed E-state index contributed by atoms with van der Waals surface area (Å²) >= 11 is 1.50. The summed E-state index contributed by atoms with van der Waals surface area (Å²) < 4.78 is 10.5. The molecule has 1 unspecified atom stereocenters. The Morgan fingerprint density at radius 1 is 1.17 bits per heavy atom. The lowest BCUT2D eigenvalue weighted by atomic mass is 9.95. The van der Waals surface area contributed by atoms with Crippen LogP contribution in [0.2, 0.25) is 0 Å². The first kappa shape index (κ1) is 20.9. The number of morpholine rings is 1. The van der Waals surface area contributed by atoms with Crippen molar-refractivity contribution in [2.24, 2.45) is 5.92 Å². The van der Waals surface area contributed by atoms with Gasteiger partial charge in [0, 0.05) is 31.1 Å². The number of likely N-dealkylation sites (tertiary alicyclic amines) is 1. The van der Waals surface area contributed by atoms with Gasteiger partial charge in [0.2, 0.25) is 11.8 Å². The van der Waals surface area contributed by atoms with Crippen LogP contribution in [-0.2, 0) is 15.3 Å². The van der Waals surface area contributed by atoms with Gasteiger partial charge in [-0.15, -0.1) is 11.8 Å². The van der Waals surface area contributed by atoms with Gasteiger partial charge in [-0.2, -0.15) is 4.98 Å². The lowest BCUT2D eigenvalue weighted by Gasteiger charge is -2.36. The molecule has 1 aromatic heterocycles. The zero-order chi connectivity index (χ0) is 20.9. The predicted octanol–water partition coefficient (Wildman–Crippen LogP) is 2.38. The number of piperidine rings is 1. The second kappa shape index (κ2) is 9.61. The van der Waals surface area contributed by atoms with Gasteiger partial charge in [0.1, 0.15) is 0 Å². The molecule has 4 rings (SSSR count). The Balaban J connectivity index is 1.42. The minimum absolute atomic E-state index is 0.0284. The summed E-state index contributed by atoms with van der Waals surface area (Å²) in [5.74, 6) is 1.61. The van der Waals surface area contributed by atoms with Crippen LogP contribution in [0, 0.1) is 12.8 Å². The van der Waals surface area contributed by atoms with Gasteiger partial charge in [-0.25, -0.2) is 0 Å². The summed E-state index contributed by atoms with van der Waals surface area (Å²) in [4.78, 5) is 35.0. The van der Waals surface area contributed by atoms with E-state index in [1.165, 1.54) is 11.8 Å². The molecule has 2 aliphatic rings. The maximum atomic E-state index is 13.3. The van der Waals surface area contributed by atoms with Gasteiger partial charge < -0.3 is 19.1 Å². The normalized spacial score (nSPS) is 19.7.